The maximum absolute atomic E-state index is 13.5. The van der Waals surface area contributed by atoms with E-state index < -0.39 is 0 Å². The van der Waals surface area contributed by atoms with Gasteiger partial charge in [0.25, 0.3) is 0 Å². The van der Waals surface area contributed by atoms with Crippen LogP contribution >= 0.6 is 0 Å². The van der Waals surface area contributed by atoms with Gasteiger partial charge in [0.2, 0.25) is 0 Å². The molecule has 0 saturated carbocycles. The van der Waals surface area contributed by atoms with Crippen LogP contribution in [0.5, 0.6) is 0 Å². The van der Waals surface area contributed by atoms with E-state index in [0.717, 1.165) is 30.5 Å². The van der Waals surface area contributed by atoms with Gasteiger partial charge in [0, 0.05) is 6.54 Å². The third-order valence-corrected chi connectivity index (χ3v) is 3.91. The van der Waals surface area contributed by atoms with Crippen LogP contribution in [0.3, 0.4) is 0 Å². The number of hydrogen-bond donors (Lipinski definition) is 1. The number of halogens is 1. The van der Waals surface area contributed by atoms with E-state index in [1.165, 1.54) is 16.7 Å². The molecule has 2 aromatic carbocycles. The fourth-order valence-electron chi connectivity index (χ4n) is 2.72. The minimum absolute atomic E-state index is 0.174. The molecule has 0 amide bonds. The first-order valence-corrected chi connectivity index (χ1v) is 7.80. The summed E-state index contributed by atoms with van der Waals surface area (Å²) in [6, 6.07) is 11.7. The molecule has 0 fully saturated rings. The van der Waals surface area contributed by atoms with Crippen molar-refractivity contribution >= 4 is 0 Å². The number of rotatable bonds is 6. The summed E-state index contributed by atoms with van der Waals surface area (Å²) in [5.74, 6) is -0.174. The molecule has 0 aliphatic carbocycles. The molecule has 2 rings (SSSR count). The van der Waals surface area contributed by atoms with Crippen molar-refractivity contribution in [3.05, 3.63) is 58.9 Å². The summed E-state index contributed by atoms with van der Waals surface area (Å²) in [7, 11) is 0. The summed E-state index contributed by atoms with van der Waals surface area (Å²) in [6.45, 7) is 8.00. The first-order chi connectivity index (χ1) is 10.2. The zero-order chi connectivity index (χ0) is 15.2. The molecule has 112 valence electrons. The molecular formula is C19H24FN. The largest absolute Gasteiger partial charge is 0.313 e. The molecule has 1 nitrogen and oxygen atoms in total. The van der Waals surface area contributed by atoms with E-state index in [1.54, 1.807) is 12.1 Å². The molecule has 2 aromatic rings. The smallest absolute Gasteiger partial charge is 0.123 e. The average molecular weight is 285 g/mol. The first kappa shape index (κ1) is 15.7. The highest BCUT2D eigenvalue weighted by Gasteiger charge is 2.08. The van der Waals surface area contributed by atoms with Gasteiger partial charge in [-0.15, -0.1) is 0 Å². The van der Waals surface area contributed by atoms with Crippen LogP contribution in [0.25, 0.3) is 11.1 Å². The molecule has 0 aromatic heterocycles. The van der Waals surface area contributed by atoms with Gasteiger partial charge >= 0.3 is 0 Å². The quantitative estimate of drug-likeness (QED) is 0.809. The third kappa shape index (κ3) is 3.70. The molecule has 0 atom stereocenters. The van der Waals surface area contributed by atoms with Crippen molar-refractivity contribution in [2.24, 2.45) is 0 Å². The summed E-state index contributed by atoms with van der Waals surface area (Å²) >= 11 is 0. The lowest BCUT2D eigenvalue weighted by Gasteiger charge is -2.13. The van der Waals surface area contributed by atoms with Crippen molar-refractivity contribution in [1.29, 1.82) is 0 Å². The second-order valence-corrected chi connectivity index (χ2v) is 5.27. The van der Waals surface area contributed by atoms with Crippen molar-refractivity contribution in [2.45, 2.75) is 40.2 Å². The summed E-state index contributed by atoms with van der Waals surface area (Å²) in [5.41, 5.74) is 6.10. The highest BCUT2D eigenvalue weighted by molar-refractivity contribution is 5.68. The van der Waals surface area contributed by atoms with Crippen LogP contribution in [-0.4, -0.2) is 6.54 Å². The lowest BCUT2D eigenvalue weighted by Crippen LogP contribution is -2.12. The van der Waals surface area contributed by atoms with E-state index in [0.29, 0.717) is 6.54 Å². The Hall–Kier alpha value is -1.67. The van der Waals surface area contributed by atoms with Crippen molar-refractivity contribution < 1.29 is 4.39 Å². The Morgan fingerprint density at radius 2 is 1.62 bits per heavy atom. The Morgan fingerprint density at radius 1 is 0.857 bits per heavy atom. The van der Waals surface area contributed by atoms with Gasteiger partial charge in [-0.3, -0.25) is 0 Å². The van der Waals surface area contributed by atoms with Crippen molar-refractivity contribution in [3.8, 4) is 11.1 Å². The first-order valence-electron chi connectivity index (χ1n) is 7.80. The van der Waals surface area contributed by atoms with Crippen LogP contribution in [0.15, 0.2) is 36.4 Å². The lowest BCUT2D eigenvalue weighted by atomic mass is 9.94. The topological polar surface area (TPSA) is 12.0 Å². The zero-order valence-corrected chi connectivity index (χ0v) is 13.2. The molecule has 0 aliphatic heterocycles. The van der Waals surface area contributed by atoms with Gasteiger partial charge in [-0.1, -0.05) is 45.0 Å². The summed E-state index contributed by atoms with van der Waals surface area (Å²) in [4.78, 5) is 0. The van der Waals surface area contributed by atoms with E-state index in [4.69, 9.17) is 0 Å². The van der Waals surface area contributed by atoms with E-state index in [-0.39, 0.29) is 5.82 Å². The second kappa shape index (κ2) is 7.37. The monoisotopic (exact) mass is 285 g/mol. The van der Waals surface area contributed by atoms with Crippen molar-refractivity contribution in [1.82, 2.24) is 5.32 Å². The van der Waals surface area contributed by atoms with E-state index >= 15 is 0 Å². The molecular weight excluding hydrogens is 261 g/mol. The standard InChI is InChI=1S/C19H24FN/c1-4-14-7-8-16(11-15(14)5-2)19-10-9-18(20)12-17(19)13-21-6-3/h7-12,21H,4-6,13H2,1-3H3. The van der Waals surface area contributed by atoms with Gasteiger partial charge in [0.1, 0.15) is 5.82 Å². The molecule has 2 heteroatoms. The maximum Gasteiger partial charge on any atom is 0.123 e. The second-order valence-electron chi connectivity index (χ2n) is 5.27. The summed E-state index contributed by atoms with van der Waals surface area (Å²) in [6.07, 6.45) is 2.08. The molecule has 0 aliphatic rings. The molecule has 0 saturated heterocycles. The SMILES string of the molecule is CCNCc1cc(F)ccc1-c1ccc(CC)c(CC)c1. The molecule has 0 heterocycles. The van der Waals surface area contributed by atoms with E-state index in [1.807, 2.05) is 6.07 Å². The summed E-state index contributed by atoms with van der Waals surface area (Å²) < 4.78 is 13.5. The van der Waals surface area contributed by atoms with Gasteiger partial charge in [-0.05, 0) is 59.3 Å². The number of hydrogen-bond acceptors (Lipinski definition) is 1. The minimum atomic E-state index is -0.174. The van der Waals surface area contributed by atoms with Crippen molar-refractivity contribution in [2.75, 3.05) is 6.54 Å². The Labute approximate surface area is 127 Å². The minimum Gasteiger partial charge on any atom is -0.313 e. The molecule has 0 bridgehead atoms. The highest BCUT2D eigenvalue weighted by Crippen LogP contribution is 2.27. The van der Waals surface area contributed by atoms with Gasteiger partial charge in [0.15, 0.2) is 0 Å². The van der Waals surface area contributed by atoms with E-state index in [9.17, 15) is 4.39 Å². The molecule has 1 N–H and O–H groups in total. The molecule has 0 spiro atoms. The van der Waals surface area contributed by atoms with E-state index in [2.05, 4.69) is 44.3 Å². The summed E-state index contributed by atoms with van der Waals surface area (Å²) in [5, 5.41) is 3.29. The van der Waals surface area contributed by atoms with Crippen LogP contribution in [0.2, 0.25) is 0 Å². The fourth-order valence-corrected chi connectivity index (χ4v) is 2.72. The van der Waals surface area contributed by atoms with Gasteiger partial charge < -0.3 is 5.32 Å². The Bertz CT molecular complexity index is 605. The Kier molecular flexibility index (Phi) is 5.51. The molecule has 0 radical (unpaired) electrons. The Morgan fingerprint density at radius 3 is 2.29 bits per heavy atom. The average Bonchev–Trinajstić information content (AvgIpc) is 2.52. The number of nitrogens with one attached hydrogen (secondary N) is 1. The fraction of sp³-hybridized carbons (Fsp3) is 0.368. The number of benzene rings is 2. The predicted octanol–water partition coefficient (Wildman–Crippen LogP) is 4.73. The maximum atomic E-state index is 13.5. The van der Waals surface area contributed by atoms with Crippen LogP contribution in [0.4, 0.5) is 4.39 Å². The molecule has 0 unspecified atom stereocenters. The Balaban J connectivity index is 2.45. The van der Waals surface area contributed by atoms with Crippen LogP contribution < -0.4 is 5.32 Å². The lowest BCUT2D eigenvalue weighted by molar-refractivity contribution is 0.622. The van der Waals surface area contributed by atoms with Crippen LogP contribution in [0.1, 0.15) is 37.5 Å². The van der Waals surface area contributed by atoms with Crippen LogP contribution in [0, 0.1) is 5.82 Å². The zero-order valence-electron chi connectivity index (χ0n) is 13.2. The van der Waals surface area contributed by atoms with Gasteiger partial charge in [-0.2, -0.15) is 0 Å². The van der Waals surface area contributed by atoms with Crippen molar-refractivity contribution in [3.63, 3.8) is 0 Å². The predicted molar refractivity (Wildman–Crippen MR) is 88.0 cm³/mol. The highest BCUT2D eigenvalue weighted by atomic mass is 19.1. The number of aryl methyl sites for hydroxylation is 2. The van der Waals surface area contributed by atoms with Gasteiger partial charge in [-0.25, -0.2) is 4.39 Å². The van der Waals surface area contributed by atoms with Gasteiger partial charge in [0.05, 0.1) is 0 Å². The molecule has 21 heavy (non-hydrogen) atoms. The normalized spacial score (nSPS) is 10.9. The third-order valence-electron chi connectivity index (χ3n) is 3.91. The van der Waals surface area contributed by atoms with Crippen LogP contribution in [-0.2, 0) is 19.4 Å².